The van der Waals surface area contributed by atoms with Gasteiger partial charge in [0.15, 0.2) is 0 Å². The Morgan fingerprint density at radius 3 is 2.15 bits per heavy atom. The number of aromatic nitrogens is 1. The second-order valence-electron chi connectivity index (χ2n) is 8.79. The Morgan fingerprint density at radius 1 is 0.912 bits per heavy atom. The van der Waals surface area contributed by atoms with Gasteiger partial charge in [-0.05, 0) is 59.9 Å². The van der Waals surface area contributed by atoms with Crippen LogP contribution in [-0.4, -0.2) is 50.1 Å². The average molecular weight is 479 g/mol. The van der Waals surface area contributed by atoms with Crippen molar-refractivity contribution in [2.24, 2.45) is 5.18 Å². The van der Waals surface area contributed by atoms with E-state index in [1.807, 2.05) is 24.3 Å². The molecule has 2 aromatic carbocycles. The number of nitroso groups, excluding NO2 is 1. The van der Waals surface area contributed by atoms with E-state index in [4.69, 9.17) is 0 Å². The largest absolute Gasteiger partial charge is 0.369 e. The molecule has 1 aliphatic rings. The molecule has 1 fully saturated rings. The van der Waals surface area contributed by atoms with Crippen LogP contribution < -0.4 is 4.90 Å². The van der Waals surface area contributed by atoms with E-state index in [-0.39, 0.29) is 5.92 Å². The minimum atomic E-state index is -3.15. The van der Waals surface area contributed by atoms with E-state index in [2.05, 4.69) is 58.4 Å². The van der Waals surface area contributed by atoms with Gasteiger partial charge in [0, 0.05) is 50.2 Å². The molecule has 0 N–H and O–H groups in total. The highest BCUT2D eigenvalue weighted by molar-refractivity contribution is 7.88. The van der Waals surface area contributed by atoms with Crippen molar-refractivity contribution in [2.75, 3.05) is 37.3 Å². The van der Waals surface area contributed by atoms with Crippen molar-refractivity contribution in [1.82, 2.24) is 9.29 Å². The summed E-state index contributed by atoms with van der Waals surface area (Å²) in [5.41, 5.74) is 5.41. The maximum absolute atomic E-state index is 11.8. The summed E-state index contributed by atoms with van der Waals surface area (Å²) < 4.78 is 25.1. The van der Waals surface area contributed by atoms with Gasteiger partial charge in [0.25, 0.3) is 0 Å². The fourth-order valence-corrected chi connectivity index (χ4v) is 5.49. The minimum Gasteiger partial charge on any atom is -0.369 e. The zero-order valence-corrected chi connectivity index (χ0v) is 20.4. The normalized spacial score (nSPS) is 16.7. The van der Waals surface area contributed by atoms with E-state index in [9.17, 15) is 13.3 Å². The Bertz CT molecular complexity index is 1210. The quantitative estimate of drug-likeness (QED) is 0.445. The Labute approximate surface area is 201 Å². The molecule has 0 radical (unpaired) electrons. The number of nitrogens with zero attached hydrogens (tertiary/aromatic N) is 4. The van der Waals surface area contributed by atoms with Gasteiger partial charge in [0.2, 0.25) is 10.0 Å². The standard InChI is InChI=1S/C26H30N4O3S/c1-20-5-3-4-6-24(20)25(19-26(28-31)22-11-13-27-14-12-22)21-7-9-23(10-8-21)29-15-17-30(18-16-29)34(2,32)33/h3-14,25-26H,15-19H2,1-2H3. The maximum atomic E-state index is 11.8. The molecule has 0 bridgehead atoms. The van der Waals surface area contributed by atoms with Crippen LogP contribution in [0.5, 0.6) is 0 Å². The van der Waals surface area contributed by atoms with E-state index < -0.39 is 16.1 Å². The van der Waals surface area contributed by atoms with Gasteiger partial charge in [0.1, 0.15) is 6.04 Å². The number of rotatable bonds is 8. The van der Waals surface area contributed by atoms with Gasteiger partial charge >= 0.3 is 0 Å². The summed E-state index contributed by atoms with van der Waals surface area (Å²) in [5.74, 6) is 0.00759. The van der Waals surface area contributed by atoms with Crippen molar-refractivity contribution < 1.29 is 8.42 Å². The third kappa shape index (κ3) is 5.51. The third-order valence-corrected chi connectivity index (χ3v) is 7.91. The molecule has 3 aromatic rings. The molecule has 4 rings (SSSR count). The van der Waals surface area contributed by atoms with Gasteiger partial charge in [-0.1, -0.05) is 41.6 Å². The number of hydrogen-bond acceptors (Lipinski definition) is 6. The minimum absolute atomic E-state index is 0.00759. The van der Waals surface area contributed by atoms with Crippen LogP contribution in [0.3, 0.4) is 0 Å². The molecule has 34 heavy (non-hydrogen) atoms. The number of benzene rings is 2. The summed E-state index contributed by atoms with van der Waals surface area (Å²) in [5, 5.41) is 3.46. The Morgan fingerprint density at radius 2 is 1.56 bits per heavy atom. The van der Waals surface area contributed by atoms with Crippen LogP contribution in [-0.2, 0) is 10.0 Å². The smallest absolute Gasteiger partial charge is 0.211 e. The number of aryl methyl sites for hydroxylation is 1. The summed E-state index contributed by atoms with van der Waals surface area (Å²) in [6, 6.07) is 19.9. The van der Waals surface area contributed by atoms with Crippen molar-refractivity contribution in [3.8, 4) is 0 Å². The first-order valence-corrected chi connectivity index (χ1v) is 13.3. The summed E-state index contributed by atoms with van der Waals surface area (Å²) >= 11 is 0. The zero-order valence-electron chi connectivity index (χ0n) is 19.5. The molecule has 178 valence electrons. The van der Waals surface area contributed by atoms with Crippen LogP contribution in [0.15, 0.2) is 78.2 Å². The van der Waals surface area contributed by atoms with Gasteiger partial charge in [0.05, 0.1) is 6.26 Å². The first-order valence-electron chi connectivity index (χ1n) is 11.4. The molecular weight excluding hydrogens is 448 g/mol. The molecule has 2 unspecified atom stereocenters. The van der Waals surface area contributed by atoms with Crippen molar-refractivity contribution in [2.45, 2.75) is 25.3 Å². The van der Waals surface area contributed by atoms with Crippen molar-refractivity contribution in [1.29, 1.82) is 0 Å². The topological polar surface area (TPSA) is 82.9 Å². The van der Waals surface area contributed by atoms with Crippen molar-refractivity contribution in [3.05, 3.63) is 100 Å². The fraction of sp³-hybridized carbons (Fsp3) is 0.346. The Hall–Kier alpha value is -3.10. The summed E-state index contributed by atoms with van der Waals surface area (Å²) in [6.45, 7) is 4.39. The van der Waals surface area contributed by atoms with Gasteiger partial charge in [-0.3, -0.25) is 4.98 Å². The van der Waals surface area contributed by atoms with Gasteiger partial charge in [-0.2, -0.15) is 9.21 Å². The van der Waals surface area contributed by atoms with E-state index >= 15 is 0 Å². The second-order valence-corrected chi connectivity index (χ2v) is 10.8. The molecule has 1 aliphatic heterocycles. The number of piperazine rings is 1. The lowest BCUT2D eigenvalue weighted by Gasteiger charge is -2.35. The van der Waals surface area contributed by atoms with Crippen LogP contribution >= 0.6 is 0 Å². The number of hydrogen-bond donors (Lipinski definition) is 0. The first-order chi connectivity index (χ1) is 16.4. The highest BCUT2D eigenvalue weighted by atomic mass is 32.2. The lowest BCUT2D eigenvalue weighted by Crippen LogP contribution is -2.48. The van der Waals surface area contributed by atoms with Crippen LogP contribution in [0.4, 0.5) is 5.69 Å². The molecule has 7 nitrogen and oxygen atoms in total. The fourth-order valence-electron chi connectivity index (χ4n) is 4.66. The molecule has 0 amide bonds. The Kier molecular flexibility index (Phi) is 7.38. The van der Waals surface area contributed by atoms with Crippen LogP contribution in [0, 0.1) is 11.8 Å². The number of pyridine rings is 1. The van der Waals surface area contributed by atoms with E-state index in [0.29, 0.717) is 32.6 Å². The molecule has 0 spiro atoms. The maximum Gasteiger partial charge on any atom is 0.211 e. The lowest BCUT2D eigenvalue weighted by atomic mass is 9.82. The molecule has 1 saturated heterocycles. The van der Waals surface area contributed by atoms with Gasteiger partial charge in [-0.25, -0.2) is 8.42 Å². The number of sulfonamides is 1. The average Bonchev–Trinajstić information content (AvgIpc) is 2.86. The predicted octanol–water partition coefficient (Wildman–Crippen LogP) is 4.50. The Balaban J connectivity index is 1.58. The van der Waals surface area contributed by atoms with Crippen LogP contribution in [0.1, 0.15) is 40.6 Å². The molecule has 2 atom stereocenters. The molecule has 1 aromatic heterocycles. The van der Waals surface area contributed by atoms with Crippen molar-refractivity contribution >= 4 is 15.7 Å². The summed E-state index contributed by atoms with van der Waals surface area (Å²) in [4.78, 5) is 18.1. The van der Waals surface area contributed by atoms with Crippen LogP contribution in [0.25, 0.3) is 0 Å². The molecule has 0 aliphatic carbocycles. The highest BCUT2D eigenvalue weighted by Gasteiger charge is 2.25. The molecular formula is C26H30N4O3S. The zero-order chi connectivity index (χ0) is 24.1. The highest BCUT2D eigenvalue weighted by Crippen LogP contribution is 2.37. The molecule has 2 heterocycles. The van der Waals surface area contributed by atoms with Crippen LogP contribution in [0.2, 0.25) is 0 Å². The van der Waals surface area contributed by atoms with E-state index in [1.165, 1.54) is 21.7 Å². The first kappa shape index (κ1) is 24.0. The SMILES string of the molecule is Cc1ccccc1C(CC(N=O)c1ccncc1)c1ccc(N2CCN(S(C)(=O)=O)CC2)cc1. The van der Waals surface area contributed by atoms with Gasteiger partial charge < -0.3 is 4.90 Å². The predicted molar refractivity (Wildman–Crippen MR) is 135 cm³/mol. The molecule has 8 heteroatoms. The third-order valence-electron chi connectivity index (χ3n) is 6.61. The number of anilines is 1. The lowest BCUT2D eigenvalue weighted by molar-refractivity contribution is 0.388. The second kappa shape index (κ2) is 10.4. The van der Waals surface area contributed by atoms with Crippen molar-refractivity contribution in [3.63, 3.8) is 0 Å². The molecule has 0 saturated carbocycles. The summed E-state index contributed by atoms with van der Waals surface area (Å²) in [6.07, 6.45) is 5.20. The van der Waals surface area contributed by atoms with E-state index in [0.717, 1.165) is 16.8 Å². The van der Waals surface area contributed by atoms with Gasteiger partial charge in [-0.15, -0.1) is 0 Å². The monoisotopic (exact) mass is 478 g/mol. The summed E-state index contributed by atoms with van der Waals surface area (Å²) in [7, 11) is -3.15. The van der Waals surface area contributed by atoms with E-state index in [1.54, 1.807) is 12.4 Å².